The maximum atomic E-state index is 11.7. The van der Waals surface area contributed by atoms with Crippen molar-refractivity contribution < 1.29 is 23.9 Å². The summed E-state index contributed by atoms with van der Waals surface area (Å²) in [5.74, 6) is -0.519. The maximum absolute atomic E-state index is 11.7. The van der Waals surface area contributed by atoms with E-state index in [0.717, 1.165) is 0 Å². The van der Waals surface area contributed by atoms with Gasteiger partial charge in [-0.15, -0.1) is 0 Å². The van der Waals surface area contributed by atoms with Crippen LogP contribution in [0.3, 0.4) is 0 Å². The van der Waals surface area contributed by atoms with Crippen molar-refractivity contribution >= 4 is 12.1 Å². The SMILES string of the molecule is CC[C@@H](ONC(=O)OC(C)C)C(=O)OC(C)(C)C. The zero-order valence-corrected chi connectivity index (χ0v) is 11.9. The van der Waals surface area contributed by atoms with Gasteiger partial charge in [0.1, 0.15) is 5.60 Å². The van der Waals surface area contributed by atoms with Gasteiger partial charge in [-0.2, -0.15) is 5.48 Å². The number of rotatable bonds is 5. The maximum Gasteiger partial charge on any atom is 0.431 e. The Morgan fingerprint density at radius 2 is 1.78 bits per heavy atom. The summed E-state index contributed by atoms with van der Waals surface area (Å²) in [5, 5.41) is 0. The number of carbonyl (C=O) groups is 2. The summed E-state index contributed by atoms with van der Waals surface area (Å²) in [6.07, 6.45) is -1.44. The van der Waals surface area contributed by atoms with Crippen molar-refractivity contribution in [1.82, 2.24) is 5.48 Å². The van der Waals surface area contributed by atoms with Crippen LogP contribution in [0.4, 0.5) is 4.79 Å². The average molecular weight is 261 g/mol. The van der Waals surface area contributed by atoms with Crippen LogP contribution in [0.25, 0.3) is 0 Å². The molecule has 0 aliphatic rings. The van der Waals surface area contributed by atoms with Gasteiger partial charge in [-0.25, -0.2) is 9.59 Å². The van der Waals surface area contributed by atoms with Crippen LogP contribution in [0.2, 0.25) is 0 Å². The van der Waals surface area contributed by atoms with Gasteiger partial charge in [0.25, 0.3) is 0 Å². The lowest BCUT2D eigenvalue weighted by Crippen LogP contribution is -2.38. The highest BCUT2D eigenvalue weighted by Gasteiger charge is 2.25. The van der Waals surface area contributed by atoms with Gasteiger partial charge in [0.05, 0.1) is 6.10 Å². The molecule has 0 saturated carbocycles. The zero-order chi connectivity index (χ0) is 14.3. The summed E-state index contributed by atoms with van der Waals surface area (Å²) in [7, 11) is 0. The molecule has 1 amide bonds. The minimum absolute atomic E-state index is 0.254. The van der Waals surface area contributed by atoms with Crippen LogP contribution in [0.1, 0.15) is 48.0 Å². The van der Waals surface area contributed by atoms with Gasteiger partial charge < -0.3 is 9.47 Å². The normalized spacial score (nSPS) is 13.1. The summed E-state index contributed by atoms with van der Waals surface area (Å²) in [6, 6.07) is 0. The third kappa shape index (κ3) is 7.89. The Bertz CT molecular complexity index is 283. The summed E-state index contributed by atoms with van der Waals surface area (Å²) in [5.41, 5.74) is 1.48. The molecule has 0 spiro atoms. The van der Waals surface area contributed by atoms with Gasteiger partial charge >= 0.3 is 12.1 Å². The number of esters is 1. The van der Waals surface area contributed by atoms with Gasteiger partial charge in [-0.3, -0.25) is 4.84 Å². The van der Waals surface area contributed by atoms with Crippen LogP contribution < -0.4 is 5.48 Å². The minimum Gasteiger partial charge on any atom is -0.458 e. The standard InChI is InChI=1S/C12H23NO5/c1-7-9(10(14)17-12(4,5)6)18-13-11(15)16-8(2)3/h8-9H,7H2,1-6H3,(H,13,15)/t9-/m1/s1. The van der Waals surface area contributed by atoms with E-state index < -0.39 is 23.8 Å². The van der Waals surface area contributed by atoms with Gasteiger partial charge in [0, 0.05) is 0 Å². The largest absolute Gasteiger partial charge is 0.458 e. The number of hydrogen-bond acceptors (Lipinski definition) is 5. The molecule has 6 nitrogen and oxygen atoms in total. The highest BCUT2D eigenvalue weighted by molar-refractivity contribution is 5.75. The first-order chi connectivity index (χ1) is 8.15. The molecule has 0 aliphatic heterocycles. The predicted molar refractivity (Wildman–Crippen MR) is 65.8 cm³/mol. The van der Waals surface area contributed by atoms with Gasteiger partial charge in [-0.1, -0.05) is 6.92 Å². The summed E-state index contributed by atoms with van der Waals surface area (Å²) in [4.78, 5) is 27.8. The zero-order valence-electron chi connectivity index (χ0n) is 11.9. The number of carbonyl (C=O) groups excluding carboxylic acids is 2. The molecule has 0 radical (unpaired) electrons. The van der Waals surface area contributed by atoms with E-state index in [2.05, 4.69) is 5.48 Å². The molecule has 0 aliphatic carbocycles. The fraction of sp³-hybridized carbons (Fsp3) is 0.833. The van der Waals surface area contributed by atoms with Crippen LogP contribution >= 0.6 is 0 Å². The van der Waals surface area contributed by atoms with Crippen LogP contribution in [0.5, 0.6) is 0 Å². The second kappa shape index (κ2) is 7.20. The van der Waals surface area contributed by atoms with Crippen molar-refractivity contribution in [2.75, 3.05) is 0 Å². The minimum atomic E-state index is -0.844. The predicted octanol–water partition coefficient (Wildman–Crippen LogP) is 2.17. The first kappa shape index (κ1) is 16.7. The van der Waals surface area contributed by atoms with E-state index in [-0.39, 0.29) is 6.10 Å². The third-order valence-corrected chi connectivity index (χ3v) is 1.67. The number of hydrogen-bond donors (Lipinski definition) is 1. The molecule has 0 heterocycles. The first-order valence-corrected chi connectivity index (χ1v) is 6.00. The average Bonchev–Trinajstić information content (AvgIpc) is 2.14. The van der Waals surface area contributed by atoms with Gasteiger partial charge in [-0.05, 0) is 41.0 Å². The number of ether oxygens (including phenoxy) is 2. The molecule has 0 aromatic heterocycles. The molecule has 1 atom stereocenters. The Morgan fingerprint density at radius 3 is 2.17 bits per heavy atom. The van der Waals surface area contributed by atoms with Crippen molar-refractivity contribution in [3.05, 3.63) is 0 Å². The molecule has 1 N–H and O–H groups in total. The van der Waals surface area contributed by atoms with Crippen LogP contribution in [-0.4, -0.2) is 29.9 Å². The molecule has 0 saturated heterocycles. The lowest BCUT2D eigenvalue weighted by atomic mass is 10.2. The second-order valence-corrected chi connectivity index (χ2v) is 5.10. The van der Waals surface area contributed by atoms with E-state index in [0.29, 0.717) is 6.42 Å². The Morgan fingerprint density at radius 1 is 1.22 bits per heavy atom. The molecule has 0 fully saturated rings. The Labute approximate surface area is 108 Å². The molecular formula is C12H23NO5. The first-order valence-electron chi connectivity index (χ1n) is 6.00. The van der Waals surface area contributed by atoms with E-state index >= 15 is 0 Å². The molecule has 0 rings (SSSR count). The highest BCUT2D eigenvalue weighted by Crippen LogP contribution is 2.11. The van der Waals surface area contributed by atoms with Crippen LogP contribution in [0.15, 0.2) is 0 Å². The van der Waals surface area contributed by atoms with Gasteiger partial charge in [0.15, 0.2) is 6.10 Å². The van der Waals surface area contributed by atoms with E-state index in [4.69, 9.17) is 14.3 Å². The number of hydroxylamine groups is 1. The van der Waals surface area contributed by atoms with Crippen molar-refractivity contribution in [2.24, 2.45) is 0 Å². The van der Waals surface area contributed by atoms with E-state index in [1.54, 1.807) is 41.5 Å². The molecule has 0 aromatic rings. The van der Waals surface area contributed by atoms with Gasteiger partial charge in [0.2, 0.25) is 0 Å². The fourth-order valence-electron chi connectivity index (χ4n) is 1.02. The van der Waals surface area contributed by atoms with E-state index in [1.807, 2.05) is 0 Å². The monoisotopic (exact) mass is 261 g/mol. The third-order valence-electron chi connectivity index (χ3n) is 1.67. The highest BCUT2D eigenvalue weighted by atomic mass is 16.7. The molecule has 6 heteroatoms. The van der Waals surface area contributed by atoms with Crippen molar-refractivity contribution in [2.45, 2.75) is 65.8 Å². The second-order valence-electron chi connectivity index (χ2n) is 5.10. The van der Waals surface area contributed by atoms with Crippen LogP contribution in [-0.2, 0) is 19.1 Å². The quantitative estimate of drug-likeness (QED) is 0.606. The van der Waals surface area contributed by atoms with E-state index in [9.17, 15) is 9.59 Å². The Hall–Kier alpha value is -1.30. The van der Waals surface area contributed by atoms with Crippen LogP contribution in [0, 0.1) is 0 Å². The lowest BCUT2D eigenvalue weighted by Gasteiger charge is -2.23. The molecule has 0 aromatic carbocycles. The molecular weight excluding hydrogens is 238 g/mol. The Balaban J connectivity index is 4.19. The summed E-state index contributed by atoms with van der Waals surface area (Å²) in [6.45, 7) is 10.5. The Kier molecular flexibility index (Phi) is 6.68. The van der Waals surface area contributed by atoms with Crippen molar-refractivity contribution in [1.29, 1.82) is 0 Å². The number of nitrogens with one attached hydrogen (secondary N) is 1. The smallest absolute Gasteiger partial charge is 0.431 e. The summed E-state index contributed by atoms with van der Waals surface area (Å²) >= 11 is 0. The molecule has 18 heavy (non-hydrogen) atoms. The topological polar surface area (TPSA) is 73.9 Å². The van der Waals surface area contributed by atoms with E-state index in [1.165, 1.54) is 0 Å². The van der Waals surface area contributed by atoms with Crippen molar-refractivity contribution in [3.63, 3.8) is 0 Å². The van der Waals surface area contributed by atoms with Crippen molar-refractivity contribution in [3.8, 4) is 0 Å². The molecule has 0 unspecified atom stereocenters. The molecule has 106 valence electrons. The number of amides is 1. The lowest BCUT2D eigenvalue weighted by molar-refractivity contribution is -0.172. The molecule has 0 bridgehead atoms. The summed E-state index contributed by atoms with van der Waals surface area (Å²) < 4.78 is 9.95. The fourth-order valence-corrected chi connectivity index (χ4v) is 1.02.